The summed E-state index contributed by atoms with van der Waals surface area (Å²) < 4.78 is 15.7. The molecule has 2 aliphatic carbocycles. The van der Waals surface area contributed by atoms with Gasteiger partial charge in [-0.3, -0.25) is 4.79 Å². The number of esters is 1. The van der Waals surface area contributed by atoms with Gasteiger partial charge in [0.15, 0.2) is 5.54 Å². The first kappa shape index (κ1) is 19.2. The summed E-state index contributed by atoms with van der Waals surface area (Å²) in [5, 5.41) is 2.88. The quantitative estimate of drug-likeness (QED) is 0.769. The van der Waals surface area contributed by atoms with E-state index >= 15 is 0 Å². The Morgan fingerprint density at radius 3 is 2.44 bits per heavy atom. The maximum absolute atomic E-state index is 13.0. The molecular weight excluding hydrogens is 350 g/mol. The molecule has 1 amide bonds. The Morgan fingerprint density at radius 2 is 1.78 bits per heavy atom. The van der Waals surface area contributed by atoms with Crippen molar-refractivity contribution in [2.75, 3.05) is 13.2 Å². The number of rotatable bonds is 6. The molecule has 7 nitrogen and oxygen atoms in total. The lowest BCUT2D eigenvalue weighted by Gasteiger charge is -2.41. The molecule has 0 aromatic heterocycles. The number of nitrogens with one attached hydrogen (secondary N) is 1. The highest BCUT2D eigenvalue weighted by atomic mass is 16.7. The Kier molecular flexibility index (Phi) is 5.68. The van der Waals surface area contributed by atoms with E-state index in [0.717, 1.165) is 12.8 Å². The van der Waals surface area contributed by atoms with Gasteiger partial charge in [0.25, 0.3) is 5.91 Å². The van der Waals surface area contributed by atoms with E-state index < -0.39 is 29.7 Å². The van der Waals surface area contributed by atoms with Crippen LogP contribution < -0.4 is 5.32 Å². The van der Waals surface area contributed by atoms with Crippen LogP contribution in [0.5, 0.6) is 0 Å². The highest BCUT2D eigenvalue weighted by Gasteiger charge is 2.66. The number of ether oxygens (including phenoxy) is 3. The Hall–Kier alpha value is -2.57. The van der Waals surface area contributed by atoms with Crippen molar-refractivity contribution in [1.82, 2.24) is 5.32 Å². The van der Waals surface area contributed by atoms with Crippen LogP contribution in [0.15, 0.2) is 30.3 Å². The first-order chi connectivity index (χ1) is 13.0. The molecule has 0 aliphatic heterocycles. The highest BCUT2D eigenvalue weighted by molar-refractivity contribution is 5.99. The summed E-state index contributed by atoms with van der Waals surface area (Å²) in [5.74, 6) is -1.11. The van der Waals surface area contributed by atoms with Crippen LogP contribution in [0, 0.1) is 11.8 Å². The Morgan fingerprint density at radius 1 is 1.07 bits per heavy atom. The van der Waals surface area contributed by atoms with Crippen LogP contribution in [0.2, 0.25) is 0 Å². The number of carbonyl (C=O) groups excluding carboxylic acids is 3. The lowest BCUT2D eigenvalue weighted by Crippen LogP contribution is -2.66. The van der Waals surface area contributed by atoms with Gasteiger partial charge in [0.1, 0.15) is 6.10 Å². The maximum Gasteiger partial charge on any atom is 0.508 e. The first-order valence-corrected chi connectivity index (χ1v) is 9.41. The van der Waals surface area contributed by atoms with Crippen molar-refractivity contribution in [3.63, 3.8) is 0 Å². The summed E-state index contributed by atoms with van der Waals surface area (Å²) in [6.07, 6.45) is 0.649. The van der Waals surface area contributed by atoms with Gasteiger partial charge in [0.2, 0.25) is 0 Å². The standard InChI is InChI=1S/C20H25NO6/c1-3-25-18(23)20(21-17(22)13-8-6-5-7-9-13)15-11-10-14(12-15)16(20)27-19(24)26-4-2/h5-9,14-16H,3-4,10-12H2,1-2H3,(H,21,22)/t14-,15+,16+,20-/m0/s1. The molecule has 2 bridgehead atoms. The van der Waals surface area contributed by atoms with Gasteiger partial charge in [-0.05, 0) is 57.1 Å². The van der Waals surface area contributed by atoms with Crippen LogP contribution in [0.3, 0.4) is 0 Å². The molecule has 0 unspecified atom stereocenters. The predicted octanol–water partition coefficient (Wildman–Crippen LogP) is 2.69. The average Bonchev–Trinajstić information content (AvgIpc) is 3.25. The molecule has 1 N–H and O–H groups in total. The molecule has 1 aromatic rings. The van der Waals surface area contributed by atoms with E-state index in [1.54, 1.807) is 38.1 Å². The third kappa shape index (κ3) is 3.50. The molecule has 2 fully saturated rings. The Bertz CT molecular complexity index is 706. The van der Waals surface area contributed by atoms with E-state index in [1.165, 1.54) is 0 Å². The Balaban J connectivity index is 1.93. The summed E-state index contributed by atoms with van der Waals surface area (Å²) in [5.41, 5.74) is -0.961. The third-order valence-corrected chi connectivity index (χ3v) is 5.45. The van der Waals surface area contributed by atoms with E-state index in [0.29, 0.717) is 12.0 Å². The molecule has 4 atom stereocenters. The minimum atomic E-state index is -1.39. The molecule has 0 saturated heterocycles. The van der Waals surface area contributed by atoms with E-state index in [-0.39, 0.29) is 25.0 Å². The number of benzene rings is 1. The fourth-order valence-corrected chi connectivity index (χ4v) is 4.36. The molecule has 7 heteroatoms. The fraction of sp³-hybridized carbons (Fsp3) is 0.550. The van der Waals surface area contributed by atoms with Crippen LogP contribution in [-0.2, 0) is 19.0 Å². The summed E-state index contributed by atoms with van der Waals surface area (Å²) in [7, 11) is 0. The van der Waals surface area contributed by atoms with E-state index in [1.807, 2.05) is 6.07 Å². The van der Waals surface area contributed by atoms with E-state index in [2.05, 4.69) is 5.32 Å². The highest BCUT2D eigenvalue weighted by Crippen LogP contribution is 2.53. The van der Waals surface area contributed by atoms with Crippen molar-refractivity contribution < 1.29 is 28.6 Å². The number of carbonyl (C=O) groups is 3. The van der Waals surface area contributed by atoms with Gasteiger partial charge in [-0.1, -0.05) is 18.2 Å². The topological polar surface area (TPSA) is 90.9 Å². The van der Waals surface area contributed by atoms with Crippen molar-refractivity contribution in [1.29, 1.82) is 0 Å². The van der Waals surface area contributed by atoms with Crippen molar-refractivity contribution in [2.45, 2.75) is 44.8 Å². The lowest BCUT2D eigenvalue weighted by atomic mass is 9.78. The van der Waals surface area contributed by atoms with Crippen LogP contribution in [0.25, 0.3) is 0 Å². The monoisotopic (exact) mass is 375 g/mol. The minimum absolute atomic E-state index is 0.0140. The molecule has 3 rings (SSSR count). The zero-order chi connectivity index (χ0) is 19.4. The SMILES string of the molecule is CCOC(=O)O[C@@H]1[C@H]2CC[C@H](C2)[C@@]1(NC(=O)c1ccccc1)C(=O)OCC. The van der Waals surface area contributed by atoms with Gasteiger partial charge in [0, 0.05) is 5.56 Å². The van der Waals surface area contributed by atoms with Gasteiger partial charge < -0.3 is 19.5 Å². The number of hydrogen-bond donors (Lipinski definition) is 1. The summed E-state index contributed by atoms with van der Waals surface area (Å²) >= 11 is 0. The molecule has 2 aliphatic rings. The zero-order valence-electron chi connectivity index (χ0n) is 15.6. The van der Waals surface area contributed by atoms with E-state index in [9.17, 15) is 14.4 Å². The summed E-state index contributed by atoms with van der Waals surface area (Å²) in [6, 6.07) is 8.64. The Labute approximate surface area is 158 Å². The van der Waals surface area contributed by atoms with Gasteiger partial charge in [-0.15, -0.1) is 0 Å². The van der Waals surface area contributed by atoms with Crippen molar-refractivity contribution in [3.8, 4) is 0 Å². The maximum atomic E-state index is 13.0. The zero-order valence-corrected chi connectivity index (χ0v) is 15.6. The van der Waals surface area contributed by atoms with Crippen molar-refractivity contribution in [2.24, 2.45) is 11.8 Å². The molecule has 2 saturated carbocycles. The van der Waals surface area contributed by atoms with Crippen LogP contribution in [0.4, 0.5) is 4.79 Å². The van der Waals surface area contributed by atoms with Crippen LogP contribution in [-0.4, -0.2) is 42.9 Å². The second-order valence-corrected chi connectivity index (χ2v) is 6.90. The van der Waals surface area contributed by atoms with Gasteiger partial charge in [-0.2, -0.15) is 0 Å². The third-order valence-electron chi connectivity index (χ3n) is 5.45. The summed E-state index contributed by atoms with van der Waals surface area (Å²) in [6.45, 7) is 3.73. The van der Waals surface area contributed by atoms with Gasteiger partial charge >= 0.3 is 12.1 Å². The lowest BCUT2D eigenvalue weighted by molar-refractivity contribution is -0.160. The second kappa shape index (κ2) is 7.98. The predicted molar refractivity (Wildman–Crippen MR) is 96.0 cm³/mol. The second-order valence-electron chi connectivity index (χ2n) is 6.90. The molecule has 27 heavy (non-hydrogen) atoms. The number of amides is 1. The average molecular weight is 375 g/mol. The molecular formula is C20H25NO6. The largest absolute Gasteiger partial charge is 0.508 e. The normalized spacial score (nSPS) is 28.4. The molecule has 0 radical (unpaired) electrons. The molecule has 0 heterocycles. The van der Waals surface area contributed by atoms with Crippen molar-refractivity contribution >= 4 is 18.0 Å². The summed E-state index contributed by atoms with van der Waals surface area (Å²) in [4.78, 5) is 37.9. The number of hydrogen-bond acceptors (Lipinski definition) is 6. The van der Waals surface area contributed by atoms with Crippen LogP contribution in [0.1, 0.15) is 43.5 Å². The molecule has 146 valence electrons. The molecule has 0 spiro atoms. The van der Waals surface area contributed by atoms with Gasteiger partial charge in [-0.25, -0.2) is 9.59 Å². The minimum Gasteiger partial charge on any atom is -0.464 e. The van der Waals surface area contributed by atoms with Gasteiger partial charge in [0.05, 0.1) is 13.2 Å². The van der Waals surface area contributed by atoms with Crippen LogP contribution >= 0.6 is 0 Å². The number of fused-ring (bicyclic) bond motifs is 2. The fourth-order valence-electron chi connectivity index (χ4n) is 4.36. The smallest absolute Gasteiger partial charge is 0.464 e. The van der Waals surface area contributed by atoms with Crippen molar-refractivity contribution in [3.05, 3.63) is 35.9 Å². The molecule has 1 aromatic carbocycles. The first-order valence-electron chi connectivity index (χ1n) is 9.41. The van der Waals surface area contributed by atoms with E-state index in [4.69, 9.17) is 14.2 Å².